The van der Waals surface area contributed by atoms with Crippen molar-refractivity contribution in [3.05, 3.63) is 35.4 Å². The largest absolute Gasteiger partial charge is 0.353 e. The van der Waals surface area contributed by atoms with Gasteiger partial charge in [0.15, 0.2) is 0 Å². The highest BCUT2D eigenvalue weighted by Crippen LogP contribution is 2.14. The fraction of sp³-hybridized carbons (Fsp3) is 0.579. The Morgan fingerprint density at radius 3 is 2.42 bits per heavy atom. The van der Waals surface area contributed by atoms with Crippen molar-refractivity contribution in [3.63, 3.8) is 0 Å². The standard InChI is InChI=1S/C19H29N3O2/c1-4-15(3)20-18(23)14-21-10-12-22(13-11-21)19(24)17-9-7-6-8-16(17)5-2/h6-9,15H,4-5,10-14H2,1-3H3,(H,20,23). The SMILES string of the molecule is CCc1ccccc1C(=O)N1CCN(CC(=O)NC(C)CC)CC1. The molecule has 1 unspecified atom stereocenters. The van der Waals surface area contributed by atoms with Gasteiger partial charge in [-0.1, -0.05) is 32.0 Å². The lowest BCUT2D eigenvalue weighted by atomic mass is 10.0. The van der Waals surface area contributed by atoms with Gasteiger partial charge in [0.1, 0.15) is 0 Å². The minimum absolute atomic E-state index is 0.0699. The maximum absolute atomic E-state index is 12.7. The first-order valence-corrected chi connectivity index (χ1v) is 8.94. The number of amides is 2. The maximum atomic E-state index is 12.7. The zero-order valence-electron chi connectivity index (χ0n) is 15.0. The van der Waals surface area contributed by atoms with Gasteiger partial charge in [0, 0.05) is 37.8 Å². The molecule has 24 heavy (non-hydrogen) atoms. The van der Waals surface area contributed by atoms with Gasteiger partial charge in [-0.3, -0.25) is 14.5 Å². The van der Waals surface area contributed by atoms with E-state index in [0.29, 0.717) is 19.6 Å². The van der Waals surface area contributed by atoms with Gasteiger partial charge >= 0.3 is 0 Å². The molecule has 1 aromatic rings. The molecule has 2 amide bonds. The molecule has 0 radical (unpaired) electrons. The van der Waals surface area contributed by atoms with E-state index in [4.69, 9.17) is 0 Å². The van der Waals surface area contributed by atoms with Gasteiger partial charge in [-0.25, -0.2) is 0 Å². The number of hydrogen-bond acceptors (Lipinski definition) is 3. The van der Waals surface area contributed by atoms with Crippen molar-refractivity contribution in [1.82, 2.24) is 15.1 Å². The first-order valence-electron chi connectivity index (χ1n) is 8.94. The minimum atomic E-state index is 0.0699. The van der Waals surface area contributed by atoms with Gasteiger partial charge in [-0.2, -0.15) is 0 Å². The zero-order chi connectivity index (χ0) is 17.5. The van der Waals surface area contributed by atoms with Gasteiger partial charge in [0.25, 0.3) is 5.91 Å². The first-order chi connectivity index (χ1) is 11.5. The number of rotatable bonds is 6. The summed E-state index contributed by atoms with van der Waals surface area (Å²) in [6, 6.07) is 8.03. The first kappa shape index (κ1) is 18.5. The molecule has 5 heteroatoms. The van der Waals surface area contributed by atoms with Crippen molar-refractivity contribution in [2.75, 3.05) is 32.7 Å². The number of carbonyl (C=O) groups excluding carboxylic acids is 2. The lowest BCUT2D eigenvalue weighted by Gasteiger charge is -2.34. The van der Waals surface area contributed by atoms with E-state index in [1.807, 2.05) is 36.1 Å². The van der Waals surface area contributed by atoms with Crippen LogP contribution in [0.25, 0.3) is 0 Å². The molecule has 5 nitrogen and oxygen atoms in total. The molecule has 0 spiro atoms. The lowest BCUT2D eigenvalue weighted by Crippen LogP contribution is -2.51. The molecule has 0 bridgehead atoms. The molecule has 1 heterocycles. The number of nitrogens with zero attached hydrogens (tertiary/aromatic N) is 2. The van der Waals surface area contributed by atoms with Crippen LogP contribution in [0.5, 0.6) is 0 Å². The Kier molecular flexibility index (Phi) is 6.79. The summed E-state index contributed by atoms with van der Waals surface area (Å²) in [4.78, 5) is 28.7. The van der Waals surface area contributed by atoms with Gasteiger partial charge in [0.05, 0.1) is 6.54 Å². The quantitative estimate of drug-likeness (QED) is 0.866. The van der Waals surface area contributed by atoms with Crippen LogP contribution in [0.3, 0.4) is 0 Å². The molecule has 0 aromatic heterocycles. The summed E-state index contributed by atoms with van der Waals surface area (Å²) in [6.07, 6.45) is 1.79. The molecule has 1 fully saturated rings. The van der Waals surface area contributed by atoms with Crippen LogP contribution in [0.1, 0.15) is 43.1 Å². The molecule has 2 rings (SSSR count). The van der Waals surface area contributed by atoms with Crippen LogP contribution in [0.2, 0.25) is 0 Å². The summed E-state index contributed by atoms with van der Waals surface area (Å²) in [5, 5.41) is 2.99. The molecule has 1 N–H and O–H groups in total. The van der Waals surface area contributed by atoms with E-state index >= 15 is 0 Å². The minimum Gasteiger partial charge on any atom is -0.353 e. The van der Waals surface area contributed by atoms with E-state index in [9.17, 15) is 9.59 Å². The Labute approximate surface area is 145 Å². The molecule has 1 aliphatic heterocycles. The third kappa shape index (κ3) is 4.81. The molecule has 1 aromatic carbocycles. The molecular formula is C19H29N3O2. The smallest absolute Gasteiger partial charge is 0.254 e. The molecule has 1 aliphatic rings. The monoisotopic (exact) mass is 331 g/mol. The van der Waals surface area contributed by atoms with Crippen molar-refractivity contribution in [2.45, 2.75) is 39.7 Å². The molecular weight excluding hydrogens is 302 g/mol. The second kappa shape index (κ2) is 8.83. The van der Waals surface area contributed by atoms with E-state index in [2.05, 4.69) is 24.1 Å². The highest BCUT2D eigenvalue weighted by molar-refractivity contribution is 5.95. The van der Waals surface area contributed by atoms with Crippen LogP contribution in [0.15, 0.2) is 24.3 Å². The fourth-order valence-electron chi connectivity index (χ4n) is 2.94. The Morgan fingerprint density at radius 2 is 1.79 bits per heavy atom. The van der Waals surface area contributed by atoms with Gasteiger partial charge in [0.2, 0.25) is 5.91 Å². The summed E-state index contributed by atoms with van der Waals surface area (Å²) in [7, 11) is 0. The number of carbonyl (C=O) groups is 2. The van der Waals surface area contributed by atoms with E-state index < -0.39 is 0 Å². The molecule has 1 saturated heterocycles. The average molecular weight is 331 g/mol. The Morgan fingerprint density at radius 1 is 1.12 bits per heavy atom. The Balaban J connectivity index is 1.86. The number of hydrogen-bond donors (Lipinski definition) is 1. The molecule has 0 saturated carbocycles. The predicted octanol–water partition coefficient (Wildman–Crippen LogP) is 1.92. The zero-order valence-corrected chi connectivity index (χ0v) is 15.0. The highest BCUT2D eigenvalue weighted by Gasteiger charge is 2.24. The van der Waals surface area contributed by atoms with Crippen LogP contribution in [0.4, 0.5) is 0 Å². The summed E-state index contributed by atoms with van der Waals surface area (Å²) >= 11 is 0. The average Bonchev–Trinajstić information content (AvgIpc) is 2.61. The summed E-state index contributed by atoms with van der Waals surface area (Å²) < 4.78 is 0. The van der Waals surface area contributed by atoms with Crippen LogP contribution in [-0.4, -0.2) is 60.4 Å². The third-order valence-corrected chi connectivity index (χ3v) is 4.68. The number of nitrogens with one attached hydrogen (secondary N) is 1. The van der Waals surface area contributed by atoms with Crippen LogP contribution < -0.4 is 5.32 Å². The topological polar surface area (TPSA) is 52.7 Å². The van der Waals surface area contributed by atoms with Crippen molar-refractivity contribution < 1.29 is 9.59 Å². The highest BCUT2D eigenvalue weighted by atomic mass is 16.2. The number of benzene rings is 1. The lowest BCUT2D eigenvalue weighted by molar-refractivity contribution is -0.123. The Bertz CT molecular complexity index is 565. The summed E-state index contributed by atoms with van der Waals surface area (Å²) in [6.45, 7) is 9.39. The van der Waals surface area contributed by atoms with Crippen LogP contribution in [-0.2, 0) is 11.2 Å². The van der Waals surface area contributed by atoms with Gasteiger partial charge in [-0.15, -0.1) is 0 Å². The Hall–Kier alpha value is -1.88. The molecule has 0 aliphatic carbocycles. The molecule has 132 valence electrons. The van der Waals surface area contributed by atoms with E-state index in [1.54, 1.807) is 0 Å². The third-order valence-electron chi connectivity index (χ3n) is 4.68. The van der Waals surface area contributed by atoms with Crippen molar-refractivity contribution >= 4 is 11.8 Å². The van der Waals surface area contributed by atoms with E-state index in [1.165, 1.54) is 0 Å². The second-order valence-electron chi connectivity index (χ2n) is 6.46. The summed E-state index contributed by atoms with van der Waals surface area (Å²) in [5.74, 6) is 0.177. The van der Waals surface area contributed by atoms with Gasteiger partial charge in [-0.05, 0) is 31.4 Å². The van der Waals surface area contributed by atoms with Crippen molar-refractivity contribution in [2.24, 2.45) is 0 Å². The normalized spacial score (nSPS) is 16.7. The fourth-order valence-corrected chi connectivity index (χ4v) is 2.94. The second-order valence-corrected chi connectivity index (χ2v) is 6.46. The van der Waals surface area contributed by atoms with Gasteiger partial charge < -0.3 is 10.2 Å². The predicted molar refractivity (Wildman–Crippen MR) is 96.1 cm³/mol. The molecule has 1 atom stereocenters. The maximum Gasteiger partial charge on any atom is 0.254 e. The van der Waals surface area contributed by atoms with Crippen LogP contribution in [0, 0.1) is 0 Å². The van der Waals surface area contributed by atoms with Crippen molar-refractivity contribution in [3.8, 4) is 0 Å². The van der Waals surface area contributed by atoms with E-state index in [-0.39, 0.29) is 17.9 Å². The van der Waals surface area contributed by atoms with Crippen LogP contribution >= 0.6 is 0 Å². The number of aryl methyl sites for hydroxylation is 1. The van der Waals surface area contributed by atoms with Crippen molar-refractivity contribution in [1.29, 1.82) is 0 Å². The summed E-state index contributed by atoms with van der Waals surface area (Å²) in [5.41, 5.74) is 1.90. The number of piperazine rings is 1. The van der Waals surface area contributed by atoms with E-state index in [0.717, 1.165) is 37.1 Å².